The summed E-state index contributed by atoms with van der Waals surface area (Å²) in [6, 6.07) is 18.4. The highest BCUT2D eigenvalue weighted by atomic mass is 32.2. The largest absolute Gasteiger partial charge is 0.243 e. The van der Waals surface area contributed by atoms with Crippen LogP contribution in [0.5, 0.6) is 0 Å². The summed E-state index contributed by atoms with van der Waals surface area (Å²) < 4.78 is 40.6. The van der Waals surface area contributed by atoms with E-state index < -0.39 is 10.0 Å². The van der Waals surface area contributed by atoms with Crippen molar-refractivity contribution in [3.63, 3.8) is 0 Å². The van der Waals surface area contributed by atoms with Crippen LogP contribution in [0.15, 0.2) is 65.6 Å². The topological polar surface area (TPSA) is 61.2 Å². The number of hydrogen-bond acceptors (Lipinski definition) is 3. The molecule has 0 radical (unpaired) electrons. The fourth-order valence-corrected chi connectivity index (χ4v) is 4.81. The van der Waals surface area contributed by atoms with Gasteiger partial charge in [0, 0.05) is 13.1 Å². The number of rotatable bonds is 3. The molecule has 1 aliphatic heterocycles. The zero-order valence-corrected chi connectivity index (χ0v) is 16.0. The summed E-state index contributed by atoms with van der Waals surface area (Å²) in [6.07, 6.45) is 0. The number of benzene rings is 3. The van der Waals surface area contributed by atoms with Crippen molar-refractivity contribution in [2.45, 2.75) is 24.9 Å². The summed E-state index contributed by atoms with van der Waals surface area (Å²) in [5.41, 5.74) is 4.51. The molecule has 0 aromatic heterocycles. The summed E-state index contributed by atoms with van der Waals surface area (Å²) in [4.78, 5) is 0.255. The summed E-state index contributed by atoms with van der Waals surface area (Å²) >= 11 is 0. The smallest absolute Gasteiger partial charge is 0.207 e. The maximum absolute atomic E-state index is 13.2. The number of nitrogens with zero attached hydrogens (tertiary/aromatic N) is 2. The fourth-order valence-electron chi connectivity index (χ4n) is 3.41. The second-order valence-electron chi connectivity index (χ2n) is 6.87. The molecule has 6 heteroatoms. The normalized spacial score (nSPS) is 13.9. The maximum atomic E-state index is 13.2. The molecule has 28 heavy (non-hydrogen) atoms. The van der Waals surface area contributed by atoms with Gasteiger partial charge in [-0.3, -0.25) is 0 Å². The Kier molecular flexibility index (Phi) is 4.50. The number of hydrogen-bond donors (Lipinski definition) is 0. The van der Waals surface area contributed by atoms with Gasteiger partial charge in [-0.2, -0.15) is 9.57 Å². The lowest BCUT2D eigenvalue weighted by Gasteiger charge is -2.15. The van der Waals surface area contributed by atoms with E-state index in [2.05, 4.69) is 6.07 Å². The monoisotopic (exact) mass is 392 g/mol. The minimum absolute atomic E-state index is 0.226. The summed E-state index contributed by atoms with van der Waals surface area (Å²) in [7, 11) is -3.62. The van der Waals surface area contributed by atoms with Gasteiger partial charge in [-0.05, 0) is 65.6 Å². The van der Waals surface area contributed by atoms with Crippen molar-refractivity contribution in [2.75, 3.05) is 0 Å². The summed E-state index contributed by atoms with van der Waals surface area (Å²) in [5, 5.41) is 9.54. The molecule has 0 saturated carbocycles. The highest BCUT2D eigenvalue weighted by Crippen LogP contribution is 2.34. The van der Waals surface area contributed by atoms with Crippen molar-refractivity contribution in [1.82, 2.24) is 4.31 Å². The lowest BCUT2D eigenvalue weighted by molar-refractivity contribution is 0.431. The van der Waals surface area contributed by atoms with Gasteiger partial charge in [0.25, 0.3) is 0 Å². The van der Waals surface area contributed by atoms with E-state index >= 15 is 0 Å². The molecule has 0 saturated heterocycles. The lowest BCUT2D eigenvalue weighted by Crippen LogP contribution is -2.25. The molecule has 3 aromatic carbocycles. The van der Waals surface area contributed by atoms with E-state index in [1.807, 2.05) is 13.0 Å². The maximum Gasteiger partial charge on any atom is 0.243 e. The fraction of sp³-hybridized carbons (Fsp3) is 0.136. The molecule has 0 unspecified atom stereocenters. The Morgan fingerprint density at radius 3 is 2.18 bits per heavy atom. The Morgan fingerprint density at radius 2 is 1.57 bits per heavy atom. The molecule has 0 atom stereocenters. The van der Waals surface area contributed by atoms with E-state index in [0.717, 1.165) is 22.3 Å². The molecule has 0 fully saturated rings. The highest BCUT2D eigenvalue weighted by molar-refractivity contribution is 7.89. The molecule has 0 amide bonds. The number of sulfonamides is 1. The van der Waals surface area contributed by atoms with Crippen LogP contribution in [0.4, 0.5) is 4.39 Å². The Hall–Kier alpha value is -3.01. The number of aryl methyl sites for hydroxylation is 1. The van der Waals surface area contributed by atoms with Crippen molar-refractivity contribution in [2.24, 2.45) is 0 Å². The van der Waals surface area contributed by atoms with Gasteiger partial charge in [-0.1, -0.05) is 29.8 Å². The van der Waals surface area contributed by atoms with Crippen LogP contribution in [0.3, 0.4) is 0 Å². The zero-order valence-electron chi connectivity index (χ0n) is 15.2. The quantitative estimate of drug-likeness (QED) is 0.665. The van der Waals surface area contributed by atoms with Crippen molar-refractivity contribution in [3.8, 4) is 17.2 Å². The number of fused-ring (bicyclic) bond motifs is 1. The second kappa shape index (κ2) is 6.86. The molecule has 4 rings (SSSR count). The molecule has 0 spiro atoms. The predicted octanol–water partition coefficient (Wildman–Crippen LogP) is 4.38. The Morgan fingerprint density at radius 1 is 0.964 bits per heavy atom. The van der Waals surface area contributed by atoms with Crippen molar-refractivity contribution in [3.05, 3.63) is 88.7 Å². The van der Waals surface area contributed by atoms with Gasteiger partial charge in [-0.15, -0.1) is 0 Å². The third-order valence-electron chi connectivity index (χ3n) is 4.97. The van der Waals surface area contributed by atoms with Crippen LogP contribution in [-0.4, -0.2) is 12.7 Å². The van der Waals surface area contributed by atoms with Gasteiger partial charge in [-0.25, -0.2) is 12.8 Å². The van der Waals surface area contributed by atoms with Gasteiger partial charge in [0.1, 0.15) is 5.82 Å². The first-order chi connectivity index (χ1) is 13.4. The zero-order chi connectivity index (χ0) is 19.9. The average molecular weight is 392 g/mol. The third kappa shape index (κ3) is 3.19. The van der Waals surface area contributed by atoms with Gasteiger partial charge in [0.2, 0.25) is 10.0 Å². The first-order valence-electron chi connectivity index (χ1n) is 8.77. The number of nitriles is 1. The van der Waals surface area contributed by atoms with Crippen LogP contribution in [-0.2, 0) is 23.1 Å². The van der Waals surface area contributed by atoms with Crippen molar-refractivity contribution >= 4 is 10.0 Å². The van der Waals surface area contributed by atoms with E-state index in [1.54, 1.807) is 42.5 Å². The molecular formula is C22H17FN2O2S. The minimum atomic E-state index is -3.62. The van der Waals surface area contributed by atoms with E-state index in [9.17, 15) is 18.1 Å². The van der Waals surface area contributed by atoms with Crippen LogP contribution in [0, 0.1) is 24.1 Å². The molecular weight excluding hydrogens is 375 g/mol. The predicted molar refractivity (Wildman–Crippen MR) is 104 cm³/mol. The molecule has 3 aromatic rings. The van der Waals surface area contributed by atoms with Crippen molar-refractivity contribution in [1.29, 1.82) is 5.26 Å². The van der Waals surface area contributed by atoms with Gasteiger partial charge in [0.15, 0.2) is 0 Å². The van der Waals surface area contributed by atoms with Crippen molar-refractivity contribution < 1.29 is 12.8 Å². The Labute approximate surface area is 163 Å². The van der Waals surface area contributed by atoms with Crippen LogP contribution < -0.4 is 0 Å². The van der Waals surface area contributed by atoms with Crippen LogP contribution in [0.2, 0.25) is 0 Å². The molecule has 0 aliphatic carbocycles. The molecule has 0 bridgehead atoms. The van der Waals surface area contributed by atoms with Gasteiger partial charge in [0.05, 0.1) is 16.5 Å². The van der Waals surface area contributed by atoms with E-state index in [4.69, 9.17) is 0 Å². The van der Waals surface area contributed by atoms with E-state index in [-0.39, 0.29) is 23.8 Å². The molecule has 4 nitrogen and oxygen atoms in total. The van der Waals surface area contributed by atoms with E-state index in [1.165, 1.54) is 16.4 Å². The molecule has 1 heterocycles. The van der Waals surface area contributed by atoms with Crippen LogP contribution in [0.1, 0.15) is 22.3 Å². The van der Waals surface area contributed by atoms with E-state index in [0.29, 0.717) is 11.1 Å². The first-order valence-corrected chi connectivity index (χ1v) is 10.2. The minimum Gasteiger partial charge on any atom is -0.207 e. The SMILES string of the molecule is Cc1ccc(S(=O)(=O)N2Cc3cc(C#N)c(-c4ccc(F)cc4)cc3C2)cc1. The molecule has 140 valence electrons. The highest BCUT2D eigenvalue weighted by Gasteiger charge is 2.31. The van der Waals surface area contributed by atoms with Gasteiger partial charge < -0.3 is 0 Å². The third-order valence-corrected chi connectivity index (χ3v) is 6.77. The Balaban J connectivity index is 1.71. The molecule has 0 N–H and O–H groups in total. The van der Waals surface area contributed by atoms with Gasteiger partial charge >= 0.3 is 0 Å². The molecule has 1 aliphatic rings. The summed E-state index contributed by atoms with van der Waals surface area (Å²) in [5.74, 6) is -0.348. The lowest BCUT2D eigenvalue weighted by atomic mass is 9.95. The standard InChI is InChI=1S/C22H17FN2O2S/c1-15-2-8-21(9-3-15)28(26,27)25-13-18-10-17(12-24)22(11-19(18)14-25)16-4-6-20(23)7-5-16/h2-11H,13-14H2,1H3. The Bertz CT molecular complexity index is 1200. The summed E-state index contributed by atoms with van der Waals surface area (Å²) in [6.45, 7) is 2.37. The second-order valence-corrected chi connectivity index (χ2v) is 8.81. The van der Waals surface area contributed by atoms with Crippen LogP contribution >= 0.6 is 0 Å². The average Bonchev–Trinajstić information content (AvgIpc) is 3.12. The number of halogens is 1. The first kappa shape index (κ1) is 18.4. The van der Waals surface area contributed by atoms with Crippen LogP contribution in [0.25, 0.3) is 11.1 Å².